The molecule has 2 aromatic rings. The van der Waals surface area contributed by atoms with E-state index in [-0.39, 0.29) is 44.2 Å². The van der Waals surface area contributed by atoms with Gasteiger partial charge in [-0.05, 0) is 69.0 Å². The highest BCUT2D eigenvalue weighted by atomic mass is 16.4. The molecule has 13 heteroatoms. The van der Waals surface area contributed by atoms with E-state index in [9.17, 15) is 24.3 Å². The molecule has 3 amide bonds. The summed E-state index contributed by atoms with van der Waals surface area (Å²) in [6, 6.07) is 15.4. The lowest BCUT2D eigenvalue weighted by Gasteiger charge is -2.35. The Morgan fingerprint density at radius 3 is 2.15 bits per heavy atom. The number of unbranched alkanes of at least 4 members (excludes halogenated alkanes) is 1. The number of nitrogens with zero attached hydrogens (tertiary/aromatic N) is 2. The molecule has 1 saturated heterocycles. The molecule has 13 nitrogen and oxygen atoms in total. The van der Waals surface area contributed by atoms with Crippen molar-refractivity contribution >= 4 is 29.7 Å². The van der Waals surface area contributed by atoms with Gasteiger partial charge in [0.2, 0.25) is 17.7 Å². The number of carbonyl (C=O) groups is 4. The highest BCUT2D eigenvalue weighted by Gasteiger charge is 2.43. The smallest absolute Gasteiger partial charge is 0.326 e. The maximum Gasteiger partial charge on any atom is 0.326 e. The van der Waals surface area contributed by atoms with Crippen LogP contribution in [0.5, 0.6) is 0 Å². The van der Waals surface area contributed by atoms with Crippen LogP contribution in [0.3, 0.4) is 0 Å². The molecule has 0 bridgehead atoms. The molecular weight excluding hydrogens is 600 g/mol. The quantitative estimate of drug-likeness (QED) is 0.0641. The second-order valence-corrected chi connectivity index (χ2v) is 12.2. The van der Waals surface area contributed by atoms with Crippen LogP contribution in [0, 0.1) is 5.41 Å². The lowest BCUT2D eigenvalue weighted by Crippen LogP contribution is -2.57. The van der Waals surface area contributed by atoms with Gasteiger partial charge in [-0.1, -0.05) is 67.1 Å². The number of hydrogen-bond acceptors (Lipinski definition) is 7. The van der Waals surface area contributed by atoms with E-state index in [4.69, 9.17) is 24.3 Å². The van der Waals surface area contributed by atoms with Gasteiger partial charge in [0.15, 0.2) is 7.37 Å². The molecule has 2 aromatic carbocycles. The van der Waals surface area contributed by atoms with Crippen molar-refractivity contribution in [1.82, 2.24) is 15.5 Å². The first-order chi connectivity index (χ1) is 23.0. The molecule has 1 fully saturated rings. The fourth-order valence-electron chi connectivity index (χ4n) is 5.92. The Bertz CT molecular complexity index is 1330. The molecule has 11 N–H and O–H groups in total. The van der Waals surface area contributed by atoms with Gasteiger partial charge < -0.3 is 43.6 Å². The summed E-state index contributed by atoms with van der Waals surface area (Å²) in [5.74, 6) is -2.94. The second-order valence-electron chi connectivity index (χ2n) is 12.2. The molecule has 0 aromatic heterocycles. The minimum Gasteiger partial charge on any atom is -0.480 e. The molecule has 3 atom stereocenters. The zero-order valence-electron chi connectivity index (χ0n) is 27.9. The Balaban J connectivity index is 1.95. The van der Waals surface area contributed by atoms with E-state index in [2.05, 4.69) is 10.3 Å². The second kappa shape index (κ2) is 18.6. The third-order valence-corrected chi connectivity index (χ3v) is 8.45. The van der Waals surface area contributed by atoms with Crippen molar-refractivity contribution in [1.29, 1.82) is 0 Å². The number of rotatable bonds is 19. The summed E-state index contributed by atoms with van der Waals surface area (Å²) in [4.78, 5) is 59.3. The van der Waals surface area contributed by atoms with Crippen LogP contribution >= 0.6 is 0 Å². The Morgan fingerprint density at radius 2 is 1.60 bits per heavy atom. The van der Waals surface area contributed by atoms with Crippen LogP contribution in [0.2, 0.25) is 1.41 Å². The van der Waals surface area contributed by atoms with Crippen LogP contribution < -0.4 is 33.6 Å². The third kappa shape index (κ3) is 11.4. The number of carboxylic acid groups (broad SMARTS) is 1. The molecule has 3 rings (SSSR count). The summed E-state index contributed by atoms with van der Waals surface area (Å²) < 4.78 is 9.01. The molecule has 256 valence electrons. The molecular formula is C34H50N8O5. The minimum atomic E-state index is -1.46. The van der Waals surface area contributed by atoms with E-state index in [0.29, 0.717) is 45.2 Å². The van der Waals surface area contributed by atoms with Crippen molar-refractivity contribution in [2.75, 3.05) is 26.2 Å². The van der Waals surface area contributed by atoms with Crippen LogP contribution in [0.25, 0.3) is 0 Å². The highest BCUT2D eigenvalue weighted by Crippen LogP contribution is 2.30. The van der Waals surface area contributed by atoms with E-state index < -0.39 is 41.3 Å². The summed E-state index contributed by atoms with van der Waals surface area (Å²) in [5, 5.41) is 13.5. The molecule has 1 aliphatic rings. The first-order valence-corrected chi connectivity index (χ1v) is 16.2. The Labute approximate surface area is 278 Å². The summed E-state index contributed by atoms with van der Waals surface area (Å²) >= 11 is 0. The van der Waals surface area contributed by atoms with Gasteiger partial charge in [-0.3, -0.25) is 19.4 Å². The molecule has 0 radical (unpaired) electrons. The van der Waals surface area contributed by atoms with Crippen LogP contribution in [0.15, 0.2) is 65.7 Å². The van der Waals surface area contributed by atoms with Crippen LogP contribution in [0.1, 0.15) is 56.1 Å². The number of aliphatic imine (C=N–C) groups is 1. The maximum atomic E-state index is 14.4. The number of nitrogens with two attached hydrogens (primary N) is 4. The van der Waals surface area contributed by atoms with Gasteiger partial charge in [-0.15, -0.1) is 0 Å². The molecule has 0 spiro atoms. The maximum absolute atomic E-state index is 14.4. The van der Waals surface area contributed by atoms with Crippen LogP contribution in [-0.4, -0.2) is 84.0 Å². The van der Waals surface area contributed by atoms with Crippen molar-refractivity contribution in [3.63, 3.8) is 0 Å². The fraction of sp³-hybridized carbons (Fsp3) is 0.500. The van der Waals surface area contributed by atoms with Gasteiger partial charge in [0.25, 0.3) is 0 Å². The molecule has 1 aliphatic heterocycles. The van der Waals surface area contributed by atoms with Crippen molar-refractivity contribution < 1.29 is 25.7 Å². The largest absolute Gasteiger partial charge is 0.480 e. The zero-order valence-corrected chi connectivity index (χ0v) is 26.9. The van der Waals surface area contributed by atoms with Crippen molar-refractivity contribution in [2.45, 2.75) is 75.9 Å². The van der Waals surface area contributed by atoms with Crippen molar-refractivity contribution in [3.05, 3.63) is 71.8 Å². The lowest BCUT2D eigenvalue weighted by molar-refractivity contribution is -0.144. The number of likely N-dealkylation sites (tertiary alicyclic amines) is 1. The first kappa shape index (κ1) is 35.4. The van der Waals surface area contributed by atoms with Gasteiger partial charge >= 0.3 is 5.97 Å². The standard InChI is InChI=1S/C34H50N8O5/c35-18-8-7-15-26(36)30(44)42-20-10-17-28(42)29(43)40-23-34(21-24-11-3-1-4-12-24,22-25-13-5-2-6-14-25)32(47)41-27(31(45)46)16-9-19-39-33(37)38/h1-6,11-14,26-28H,7-10,15-23,35-36H2,(H,40,43)(H,41,47)(H,45,46)(H4,37,38,39)/t26-,27-,28-/m0/s1/i/hD. The topological polar surface area (TPSA) is 232 Å². The monoisotopic (exact) mass is 651 g/mol. The lowest BCUT2D eigenvalue weighted by atomic mass is 9.75. The number of carboxylic acids is 1. The average Bonchev–Trinajstić information content (AvgIpc) is 3.56. The van der Waals surface area contributed by atoms with Gasteiger partial charge in [-0.25, -0.2) is 4.79 Å². The predicted octanol–water partition coefficient (Wildman–Crippen LogP) is 0.645. The zero-order chi connectivity index (χ0) is 35.1. The van der Waals surface area contributed by atoms with Crippen LogP contribution in [-0.2, 0) is 32.0 Å². The van der Waals surface area contributed by atoms with E-state index in [0.717, 1.165) is 22.9 Å². The van der Waals surface area contributed by atoms with E-state index in [1.165, 1.54) is 4.90 Å². The Morgan fingerprint density at radius 1 is 0.979 bits per heavy atom. The Hall–Kier alpha value is -4.49. The fourth-order valence-corrected chi connectivity index (χ4v) is 5.92. The van der Waals surface area contributed by atoms with Crippen molar-refractivity contribution in [2.24, 2.45) is 33.3 Å². The summed E-state index contributed by atoms with van der Waals surface area (Å²) in [6.07, 6.45) is 3.36. The normalized spacial score (nSPS) is 16.1. The van der Waals surface area contributed by atoms with E-state index >= 15 is 0 Å². The number of benzene rings is 2. The Kier molecular flexibility index (Phi) is 14.0. The predicted molar refractivity (Wildman–Crippen MR) is 181 cm³/mol. The van der Waals surface area contributed by atoms with Gasteiger partial charge in [0, 0.05) is 19.6 Å². The minimum absolute atomic E-state index is 0.0544. The number of nitrogens with one attached hydrogen (secondary N) is 2. The molecule has 0 unspecified atom stereocenters. The number of hydrogen-bond donors (Lipinski definition) is 7. The average molecular weight is 652 g/mol. The molecule has 0 saturated carbocycles. The van der Waals surface area contributed by atoms with Crippen LogP contribution in [0.4, 0.5) is 0 Å². The summed E-state index contributed by atoms with van der Waals surface area (Å²) in [6.45, 7) is 0.659. The highest BCUT2D eigenvalue weighted by molar-refractivity contribution is 5.92. The first-order valence-electron chi connectivity index (χ1n) is 16.7. The van der Waals surface area contributed by atoms with Gasteiger partial charge in [0.1, 0.15) is 12.1 Å². The summed E-state index contributed by atoms with van der Waals surface area (Å²) in [5.41, 5.74) is 22.6. The van der Waals surface area contributed by atoms with E-state index in [1.54, 1.807) is 0 Å². The third-order valence-electron chi connectivity index (χ3n) is 8.45. The number of guanidine groups is 1. The molecule has 0 aliphatic carbocycles. The number of carbonyl (C=O) groups excluding carboxylic acids is 3. The van der Waals surface area contributed by atoms with Crippen molar-refractivity contribution in [3.8, 4) is 0 Å². The summed E-state index contributed by atoms with van der Waals surface area (Å²) in [7, 11) is 0. The molecule has 1 heterocycles. The SMILES string of the molecule is [2H]N(CC(Cc1ccccc1)(Cc1ccccc1)C(=O)N[C@@H](CCCN=C(N)N)C(=O)O)C(=O)[C@@H]1CCCN1C(=O)[C@@H](N)CCCCN. The number of aliphatic carboxylic acids is 1. The van der Waals surface area contributed by atoms with Gasteiger partial charge in [-0.2, -0.15) is 0 Å². The van der Waals surface area contributed by atoms with Gasteiger partial charge in [0.05, 0.1) is 11.5 Å². The molecule has 47 heavy (non-hydrogen) atoms. The van der Waals surface area contributed by atoms with E-state index in [1.807, 2.05) is 60.7 Å². The number of amides is 3.